The normalized spacial score (nSPS) is 15.2. The van der Waals surface area contributed by atoms with Crippen molar-refractivity contribution in [3.63, 3.8) is 0 Å². The summed E-state index contributed by atoms with van der Waals surface area (Å²) in [5.41, 5.74) is 0. The molecule has 1 saturated heterocycles. The highest BCUT2D eigenvalue weighted by Crippen LogP contribution is 2.09. The van der Waals surface area contributed by atoms with E-state index in [1.807, 2.05) is 0 Å². The number of likely N-dealkylation sites (N-methyl/N-ethyl adjacent to an activating group) is 1. The van der Waals surface area contributed by atoms with Crippen LogP contribution in [0.3, 0.4) is 0 Å². The third kappa shape index (κ3) is 2.75. The fraction of sp³-hybridized carbons (Fsp3) is 0.417. The van der Waals surface area contributed by atoms with Gasteiger partial charge in [-0.2, -0.15) is 0 Å². The van der Waals surface area contributed by atoms with Crippen molar-refractivity contribution in [1.29, 1.82) is 0 Å². The van der Waals surface area contributed by atoms with E-state index in [1.165, 1.54) is 18.2 Å². The lowest BCUT2D eigenvalue weighted by atomic mass is 10.2. The van der Waals surface area contributed by atoms with Crippen LogP contribution in [-0.2, 0) is 9.59 Å². The summed E-state index contributed by atoms with van der Waals surface area (Å²) in [6.45, 7) is 1.47. The molecular formula is C12H15N3O4. The van der Waals surface area contributed by atoms with E-state index in [4.69, 9.17) is 4.42 Å². The Morgan fingerprint density at radius 1 is 1.16 bits per heavy atom. The first-order chi connectivity index (χ1) is 9.13. The molecule has 19 heavy (non-hydrogen) atoms. The number of hydrogen-bond donors (Lipinski definition) is 1. The average molecular weight is 265 g/mol. The van der Waals surface area contributed by atoms with E-state index < -0.39 is 11.8 Å². The molecule has 1 aliphatic rings. The second-order valence-electron chi connectivity index (χ2n) is 4.14. The van der Waals surface area contributed by atoms with Crippen LogP contribution in [0.5, 0.6) is 0 Å². The van der Waals surface area contributed by atoms with Crippen molar-refractivity contribution in [2.75, 3.05) is 33.2 Å². The van der Waals surface area contributed by atoms with Crippen molar-refractivity contribution >= 4 is 17.7 Å². The van der Waals surface area contributed by atoms with Crippen LogP contribution >= 0.6 is 0 Å². The monoisotopic (exact) mass is 265 g/mol. The molecule has 102 valence electrons. The summed E-state index contributed by atoms with van der Waals surface area (Å²) in [5.74, 6) is -1.11. The van der Waals surface area contributed by atoms with Crippen molar-refractivity contribution in [3.8, 4) is 0 Å². The molecule has 3 amide bonds. The minimum absolute atomic E-state index is 0.197. The summed E-state index contributed by atoms with van der Waals surface area (Å²) in [7, 11) is 1.41. The third-order valence-electron chi connectivity index (χ3n) is 3.01. The lowest BCUT2D eigenvalue weighted by Gasteiger charge is -2.33. The van der Waals surface area contributed by atoms with Crippen LogP contribution in [-0.4, -0.2) is 60.7 Å². The smallest absolute Gasteiger partial charge is 0.311 e. The lowest BCUT2D eigenvalue weighted by Crippen LogP contribution is -2.53. The SMILES string of the molecule is CNC(=O)C(=O)N1CCN(C(=O)c2ccco2)CC1. The van der Waals surface area contributed by atoms with Crippen molar-refractivity contribution in [1.82, 2.24) is 15.1 Å². The van der Waals surface area contributed by atoms with Crippen molar-refractivity contribution in [2.24, 2.45) is 0 Å². The van der Waals surface area contributed by atoms with Gasteiger partial charge in [0.05, 0.1) is 6.26 Å². The average Bonchev–Trinajstić information content (AvgIpc) is 2.99. The van der Waals surface area contributed by atoms with Crippen molar-refractivity contribution < 1.29 is 18.8 Å². The van der Waals surface area contributed by atoms with Gasteiger partial charge >= 0.3 is 11.8 Å². The van der Waals surface area contributed by atoms with E-state index in [-0.39, 0.29) is 11.7 Å². The van der Waals surface area contributed by atoms with Gasteiger partial charge in [0.2, 0.25) is 0 Å². The molecule has 7 heteroatoms. The topological polar surface area (TPSA) is 82.9 Å². The molecule has 0 atom stereocenters. The molecule has 2 heterocycles. The van der Waals surface area contributed by atoms with Crippen LogP contribution in [0.2, 0.25) is 0 Å². The second kappa shape index (κ2) is 5.55. The predicted octanol–water partition coefficient (Wildman–Crippen LogP) is -0.690. The minimum atomic E-state index is -0.634. The molecule has 0 aliphatic carbocycles. The Hall–Kier alpha value is -2.31. The Morgan fingerprint density at radius 3 is 2.32 bits per heavy atom. The van der Waals surface area contributed by atoms with E-state index in [2.05, 4.69) is 5.32 Å². The maximum Gasteiger partial charge on any atom is 0.311 e. The number of amides is 3. The minimum Gasteiger partial charge on any atom is -0.459 e. The Kier molecular flexibility index (Phi) is 3.84. The zero-order chi connectivity index (χ0) is 13.8. The fourth-order valence-electron chi connectivity index (χ4n) is 1.92. The van der Waals surface area contributed by atoms with Gasteiger partial charge in [0.25, 0.3) is 5.91 Å². The second-order valence-corrected chi connectivity index (χ2v) is 4.14. The molecule has 0 spiro atoms. The molecule has 2 rings (SSSR count). The molecule has 0 saturated carbocycles. The molecule has 1 aromatic rings. The van der Waals surface area contributed by atoms with Crippen LogP contribution in [0.25, 0.3) is 0 Å². The molecule has 0 unspecified atom stereocenters. The maximum atomic E-state index is 12.0. The number of hydrogen-bond acceptors (Lipinski definition) is 4. The van der Waals surface area contributed by atoms with Crippen molar-refractivity contribution in [2.45, 2.75) is 0 Å². The van der Waals surface area contributed by atoms with E-state index in [0.29, 0.717) is 26.2 Å². The molecular weight excluding hydrogens is 250 g/mol. The number of rotatable bonds is 1. The van der Waals surface area contributed by atoms with Gasteiger partial charge < -0.3 is 19.5 Å². The van der Waals surface area contributed by atoms with Gasteiger partial charge in [-0.25, -0.2) is 0 Å². The Labute approximate surface area is 110 Å². The summed E-state index contributed by atoms with van der Waals surface area (Å²) in [4.78, 5) is 37.9. The van der Waals surface area contributed by atoms with Gasteiger partial charge in [0, 0.05) is 33.2 Å². The first-order valence-corrected chi connectivity index (χ1v) is 5.97. The predicted molar refractivity (Wildman–Crippen MR) is 65.3 cm³/mol. The standard InChI is InChI=1S/C12H15N3O4/c1-13-10(16)12(18)15-6-4-14(5-7-15)11(17)9-3-2-8-19-9/h2-3,8H,4-7H2,1H3,(H,13,16). The number of carbonyl (C=O) groups excluding carboxylic acids is 3. The Morgan fingerprint density at radius 2 is 1.79 bits per heavy atom. The Bertz CT molecular complexity index is 475. The molecule has 0 aromatic carbocycles. The maximum absolute atomic E-state index is 12.0. The highest BCUT2D eigenvalue weighted by molar-refractivity contribution is 6.34. The van der Waals surface area contributed by atoms with Crippen LogP contribution in [0, 0.1) is 0 Å². The lowest BCUT2D eigenvalue weighted by molar-refractivity contribution is -0.146. The molecule has 1 N–H and O–H groups in total. The highest BCUT2D eigenvalue weighted by atomic mass is 16.3. The van der Waals surface area contributed by atoms with E-state index in [1.54, 1.807) is 17.0 Å². The zero-order valence-electron chi connectivity index (χ0n) is 10.6. The van der Waals surface area contributed by atoms with Gasteiger partial charge in [-0.15, -0.1) is 0 Å². The van der Waals surface area contributed by atoms with E-state index in [0.717, 1.165) is 0 Å². The first kappa shape index (κ1) is 13.1. The number of carbonyl (C=O) groups is 3. The van der Waals surface area contributed by atoms with Gasteiger partial charge in [-0.3, -0.25) is 14.4 Å². The van der Waals surface area contributed by atoms with Crippen molar-refractivity contribution in [3.05, 3.63) is 24.2 Å². The number of piperazine rings is 1. The summed E-state index contributed by atoms with van der Waals surface area (Å²) in [5, 5.41) is 2.29. The molecule has 1 aliphatic heterocycles. The summed E-state index contributed by atoms with van der Waals surface area (Å²) < 4.78 is 5.04. The third-order valence-corrected chi connectivity index (χ3v) is 3.01. The summed E-state index contributed by atoms with van der Waals surface area (Å²) in [6.07, 6.45) is 1.44. The van der Waals surface area contributed by atoms with Gasteiger partial charge in [-0.05, 0) is 12.1 Å². The molecule has 7 nitrogen and oxygen atoms in total. The molecule has 0 bridgehead atoms. The van der Waals surface area contributed by atoms with Gasteiger partial charge in [0.15, 0.2) is 5.76 Å². The zero-order valence-corrected chi connectivity index (χ0v) is 10.6. The number of furan rings is 1. The summed E-state index contributed by atoms with van der Waals surface area (Å²) in [6, 6.07) is 3.25. The Balaban J connectivity index is 1.91. The molecule has 1 fully saturated rings. The van der Waals surface area contributed by atoms with Gasteiger partial charge in [0.1, 0.15) is 0 Å². The summed E-state index contributed by atoms with van der Waals surface area (Å²) >= 11 is 0. The van der Waals surface area contributed by atoms with Crippen LogP contribution in [0.4, 0.5) is 0 Å². The highest BCUT2D eigenvalue weighted by Gasteiger charge is 2.28. The quantitative estimate of drug-likeness (QED) is 0.681. The largest absolute Gasteiger partial charge is 0.459 e. The van der Waals surface area contributed by atoms with E-state index in [9.17, 15) is 14.4 Å². The van der Waals surface area contributed by atoms with E-state index >= 15 is 0 Å². The first-order valence-electron chi connectivity index (χ1n) is 5.97. The van der Waals surface area contributed by atoms with Gasteiger partial charge in [-0.1, -0.05) is 0 Å². The molecule has 0 radical (unpaired) electrons. The number of nitrogens with one attached hydrogen (secondary N) is 1. The number of nitrogens with zero attached hydrogens (tertiary/aromatic N) is 2. The fourth-order valence-corrected chi connectivity index (χ4v) is 1.92. The van der Waals surface area contributed by atoms with Crippen LogP contribution in [0.1, 0.15) is 10.6 Å². The van der Waals surface area contributed by atoms with Crippen LogP contribution < -0.4 is 5.32 Å². The van der Waals surface area contributed by atoms with Crippen LogP contribution in [0.15, 0.2) is 22.8 Å². The molecule has 1 aromatic heterocycles.